The summed E-state index contributed by atoms with van der Waals surface area (Å²) >= 11 is 0. The molecule has 0 fully saturated rings. The van der Waals surface area contributed by atoms with Crippen LogP contribution in [0.5, 0.6) is 11.5 Å². The topological polar surface area (TPSA) is 103 Å². The molecular formula is C22H26N2O6. The van der Waals surface area contributed by atoms with Crippen molar-refractivity contribution in [2.24, 2.45) is 0 Å². The van der Waals surface area contributed by atoms with Crippen molar-refractivity contribution in [1.82, 2.24) is 10.9 Å². The Morgan fingerprint density at radius 1 is 1.00 bits per heavy atom. The number of nitrogens with one attached hydrogen (secondary N) is 2. The summed E-state index contributed by atoms with van der Waals surface area (Å²) in [5.74, 6) is -0.489. The van der Waals surface area contributed by atoms with Gasteiger partial charge in [-0.05, 0) is 62.2 Å². The first kappa shape index (κ1) is 22.7. The molecule has 1 atom stereocenters. The van der Waals surface area contributed by atoms with E-state index in [1.54, 1.807) is 37.3 Å². The van der Waals surface area contributed by atoms with Gasteiger partial charge in [0, 0.05) is 0 Å². The maximum absolute atomic E-state index is 12.1. The monoisotopic (exact) mass is 414 g/mol. The normalized spacial score (nSPS) is 11.2. The quantitative estimate of drug-likeness (QED) is 0.483. The van der Waals surface area contributed by atoms with Crippen molar-refractivity contribution in [1.29, 1.82) is 0 Å². The van der Waals surface area contributed by atoms with E-state index in [1.165, 1.54) is 0 Å². The molecule has 30 heavy (non-hydrogen) atoms. The van der Waals surface area contributed by atoms with Crippen LogP contribution in [-0.2, 0) is 14.3 Å². The highest BCUT2D eigenvalue weighted by atomic mass is 16.5. The van der Waals surface area contributed by atoms with E-state index in [9.17, 15) is 14.4 Å². The first-order chi connectivity index (χ1) is 14.4. The van der Waals surface area contributed by atoms with E-state index in [0.717, 1.165) is 12.0 Å². The van der Waals surface area contributed by atoms with E-state index in [4.69, 9.17) is 14.2 Å². The molecule has 0 bridgehead atoms. The summed E-state index contributed by atoms with van der Waals surface area (Å²) in [6.45, 7) is 5.46. The predicted molar refractivity (Wildman–Crippen MR) is 110 cm³/mol. The van der Waals surface area contributed by atoms with Crippen LogP contribution in [-0.4, -0.2) is 37.1 Å². The maximum atomic E-state index is 12.1. The van der Waals surface area contributed by atoms with Crippen LogP contribution in [0.1, 0.15) is 36.2 Å². The molecule has 2 N–H and O–H groups in total. The lowest BCUT2D eigenvalue weighted by Gasteiger charge is -2.15. The zero-order valence-electron chi connectivity index (χ0n) is 17.3. The molecule has 8 heteroatoms. The third-order valence-electron chi connectivity index (χ3n) is 3.89. The van der Waals surface area contributed by atoms with Crippen molar-refractivity contribution >= 4 is 17.8 Å². The lowest BCUT2D eigenvalue weighted by molar-refractivity contribution is -0.133. The minimum absolute atomic E-state index is 0.312. The fourth-order valence-electron chi connectivity index (χ4n) is 2.33. The molecule has 2 aromatic rings. The number of hydrogen-bond acceptors (Lipinski definition) is 6. The van der Waals surface area contributed by atoms with E-state index < -0.39 is 23.9 Å². The largest absolute Gasteiger partial charge is 0.484 e. The van der Waals surface area contributed by atoms with Crippen LogP contribution in [0.2, 0.25) is 0 Å². The zero-order chi connectivity index (χ0) is 21.9. The lowest BCUT2D eigenvalue weighted by Crippen LogP contribution is -2.48. The van der Waals surface area contributed by atoms with Crippen molar-refractivity contribution in [3.8, 4) is 11.5 Å². The van der Waals surface area contributed by atoms with E-state index in [0.29, 0.717) is 23.7 Å². The number of carbonyl (C=O) groups excluding carboxylic acids is 3. The van der Waals surface area contributed by atoms with Gasteiger partial charge in [-0.15, -0.1) is 0 Å². The van der Waals surface area contributed by atoms with Crippen molar-refractivity contribution in [2.75, 3.05) is 13.2 Å². The Bertz CT molecular complexity index is 866. The first-order valence-corrected chi connectivity index (χ1v) is 9.61. The van der Waals surface area contributed by atoms with Crippen LogP contribution in [0, 0.1) is 6.92 Å². The molecule has 0 aliphatic carbocycles. The third-order valence-corrected chi connectivity index (χ3v) is 3.89. The highest BCUT2D eigenvalue weighted by Crippen LogP contribution is 2.14. The molecule has 8 nitrogen and oxygen atoms in total. The Labute approximate surface area is 175 Å². The van der Waals surface area contributed by atoms with Gasteiger partial charge in [-0.3, -0.25) is 20.4 Å². The molecule has 0 aromatic heterocycles. The van der Waals surface area contributed by atoms with Gasteiger partial charge < -0.3 is 14.2 Å². The highest BCUT2D eigenvalue weighted by molar-refractivity contribution is 5.89. The number of aryl methyl sites for hydroxylation is 1. The van der Waals surface area contributed by atoms with Gasteiger partial charge in [0.15, 0.2) is 12.7 Å². The molecule has 0 saturated carbocycles. The van der Waals surface area contributed by atoms with E-state index in [1.807, 2.05) is 32.0 Å². The van der Waals surface area contributed by atoms with Gasteiger partial charge in [-0.2, -0.15) is 0 Å². The van der Waals surface area contributed by atoms with Gasteiger partial charge in [0.05, 0.1) is 12.2 Å². The smallest absolute Gasteiger partial charge is 0.338 e. The van der Waals surface area contributed by atoms with E-state index in [2.05, 4.69) is 10.9 Å². The Balaban J connectivity index is 1.72. The van der Waals surface area contributed by atoms with Crippen LogP contribution >= 0.6 is 0 Å². The zero-order valence-corrected chi connectivity index (χ0v) is 17.3. The second-order valence-electron chi connectivity index (χ2n) is 6.56. The molecule has 1 unspecified atom stereocenters. The minimum atomic E-state index is -0.798. The standard InChI is InChI=1S/C22H26N2O6/c1-4-12-28-22(27)17-8-10-18(11-9-17)29-14-20(25)23-24-21(26)16(3)30-19-7-5-6-15(2)13-19/h5-11,13,16H,4,12,14H2,1-3H3,(H,23,25)(H,24,26). The van der Waals surface area contributed by atoms with Gasteiger partial charge in [-0.1, -0.05) is 19.1 Å². The molecule has 2 rings (SSSR count). The molecule has 0 aliphatic heterocycles. The number of rotatable bonds is 9. The summed E-state index contributed by atoms with van der Waals surface area (Å²) in [7, 11) is 0. The fraction of sp³-hybridized carbons (Fsp3) is 0.318. The first-order valence-electron chi connectivity index (χ1n) is 9.61. The Morgan fingerprint density at radius 2 is 1.73 bits per heavy atom. The Hall–Kier alpha value is -3.55. The summed E-state index contributed by atoms with van der Waals surface area (Å²) < 4.78 is 15.9. The molecule has 0 heterocycles. The second kappa shape index (κ2) is 11.5. The number of esters is 1. The molecule has 2 aromatic carbocycles. The second-order valence-corrected chi connectivity index (χ2v) is 6.56. The Morgan fingerprint density at radius 3 is 2.40 bits per heavy atom. The van der Waals surface area contributed by atoms with Crippen LogP contribution in [0.4, 0.5) is 0 Å². The van der Waals surface area contributed by atoms with Crippen molar-refractivity contribution < 1.29 is 28.6 Å². The molecular weight excluding hydrogens is 388 g/mol. The van der Waals surface area contributed by atoms with Crippen molar-refractivity contribution in [3.63, 3.8) is 0 Å². The third kappa shape index (κ3) is 7.46. The van der Waals surface area contributed by atoms with Gasteiger partial charge in [-0.25, -0.2) is 4.79 Å². The van der Waals surface area contributed by atoms with Gasteiger partial charge in [0.25, 0.3) is 11.8 Å². The number of amides is 2. The van der Waals surface area contributed by atoms with Gasteiger partial charge in [0.1, 0.15) is 11.5 Å². The summed E-state index contributed by atoms with van der Waals surface area (Å²) in [6, 6.07) is 13.5. The number of hydrogen-bond donors (Lipinski definition) is 2. The molecule has 2 amide bonds. The van der Waals surface area contributed by atoms with Crippen molar-refractivity contribution in [3.05, 3.63) is 59.7 Å². The number of carbonyl (C=O) groups is 3. The number of benzene rings is 2. The van der Waals surface area contributed by atoms with Gasteiger partial charge in [0.2, 0.25) is 0 Å². The molecule has 0 radical (unpaired) electrons. The van der Waals surface area contributed by atoms with Crippen molar-refractivity contribution in [2.45, 2.75) is 33.3 Å². The summed E-state index contributed by atoms with van der Waals surface area (Å²) in [4.78, 5) is 35.7. The molecule has 0 aliphatic rings. The van der Waals surface area contributed by atoms with Crippen LogP contribution in [0.15, 0.2) is 48.5 Å². The predicted octanol–water partition coefficient (Wildman–Crippen LogP) is 2.56. The number of hydrazine groups is 1. The van der Waals surface area contributed by atoms with Crippen LogP contribution in [0.25, 0.3) is 0 Å². The summed E-state index contributed by atoms with van der Waals surface area (Å²) in [6.07, 6.45) is -0.0527. The van der Waals surface area contributed by atoms with Crippen LogP contribution < -0.4 is 20.3 Å². The van der Waals surface area contributed by atoms with Gasteiger partial charge >= 0.3 is 5.97 Å². The molecule has 0 spiro atoms. The summed E-state index contributed by atoms with van der Waals surface area (Å²) in [5, 5.41) is 0. The maximum Gasteiger partial charge on any atom is 0.338 e. The fourth-order valence-corrected chi connectivity index (χ4v) is 2.33. The molecule has 0 saturated heterocycles. The average Bonchev–Trinajstić information content (AvgIpc) is 2.74. The Kier molecular flexibility index (Phi) is 8.68. The highest BCUT2D eigenvalue weighted by Gasteiger charge is 2.15. The average molecular weight is 414 g/mol. The summed E-state index contributed by atoms with van der Waals surface area (Å²) in [5.41, 5.74) is 5.97. The minimum Gasteiger partial charge on any atom is -0.484 e. The lowest BCUT2D eigenvalue weighted by atomic mass is 10.2. The SMILES string of the molecule is CCCOC(=O)c1ccc(OCC(=O)NNC(=O)C(C)Oc2cccc(C)c2)cc1. The van der Waals surface area contributed by atoms with Crippen LogP contribution in [0.3, 0.4) is 0 Å². The number of ether oxygens (including phenoxy) is 3. The van der Waals surface area contributed by atoms with E-state index in [-0.39, 0.29) is 6.61 Å². The molecule has 160 valence electrons. The van der Waals surface area contributed by atoms with E-state index >= 15 is 0 Å².